The van der Waals surface area contributed by atoms with Crippen LogP contribution in [0.4, 0.5) is 5.69 Å². The highest BCUT2D eigenvalue weighted by Gasteiger charge is 2.18. The van der Waals surface area contributed by atoms with Gasteiger partial charge in [-0.1, -0.05) is 23.7 Å². The minimum atomic E-state index is -3.84. The van der Waals surface area contributed by atoms with Crippen LogP contribution in [0.15, 0.2) is 53.4 Å². The molecule has 0 atom stereocenters. The van der Waals surface area contributed by atoms with Gasteiger partial charge in [-0.25, -0.2) is 8.42 Å². The molecule has 1 aromatic heterocycles. The third-order valence-corrected chi connectivity index (χ3v) is 5.72. The van der Waals surface area contributed by atoms with E-state index in [0.717, 1.165) is 0 Å². The maximum absolute atomic E-state index is 12.6. The Hall–Kier alpha value is -3.04. The maximum Gasteiger partial charge on any atom is 0.328 e. The first kappa shape index (κ1) is 20.7. The van der Waals surface area contributed by atoms with Crippen molar-refractivity contribution in [3.05, 3.63) is 59.1 Å². The standard InChI is InChI=1S/C19H18ClN3O5S/c1-12-10-13(28-19-21-17(26-2)11-18(22-19)27-3)8-9-15(12)23-29(24,25)16-7-5-4-6-14(16)20/h4-11,23H,1-3H3. The second kappa shape index (κ2) is 8.54. The van der Waals surface area contributed by atoms with E-state index >= 15 is 0 Å². The lowest BCUT2D eigenvalue weighted by Gasteiger charge is -2.13. The normalized spacial score (nSPS) is 11.0. The monoisotopic (exact) mass is 435 g/mol. The first-order valence-corrected chi connectivity index (χ1v) is 10.2. The molecule has 1 heterocycles. The smallest absolute Gasteiger partial charge is 0.328 e. The van der Waals surface area contributed by atoms with Crippen molar-refractivity contribution in [2.45, 2.75) is 11.8 Å². The van der Waals surface area contributed by atoms with Crippen LogP contribution in [0.2, 0.25) is 5.02 Å². The highest BCUT2D eigenvalue weighted by Crippen LogP contribution is 2.29. The van der Waals surface area contributed by atoms with Gasteiger partial charge >= 0.3 is 6.01 Å². The number of nitrogens with one attached hydrogen (secondary N) is 1. The van der Waals surface area contributed by atoms with Crippen LogP contribution < -0.4 is 18.9 Å². The molecule has 152 valence electrons. The topological polar surface area (TPSA) is 99.6 Å². The van der Waals surface area contributed by atoms with Crippen LogP contribution in [0.5, 0.6) is 23.5 Å². The molecule has 0 aliphatic carbocycles. The van der Waals surface area contributed by atoms with Crippen LogP contribution in [0, 0.1) is 6.92 Å². The van der Waals surface area contributed by atoms with E-state index in [1.165, 1.54) is 32.4 Å². The summed E-state index contributed by atoms with van der Waals surface area (Å²) in [6.07, 6.45) is 0. The van der Waals surface area contributed by atoms with Gasteiger partial charge in [-0.2, -0.15) is 9.97 Å². The largest absolute Gasteiger partial charge is 0.481 e. The lowest BCUT2D eigenvalue weighted by molar-refractivity contribution is 0.348. The molecule has 29 heavy (non-hydrogen) atoms. The van der Waals surface area contributed by atoms with Gasteiger partial charge in [0.05, 0.1) is 31.0 Å². The Morgan fingerprint density at radius 1 is 0.966 bits per heavy atom. The van der Waals surface area contributed by atoms with Gasteiger partial charge in [0.25, 0.3) is 10.0 Å². The number of sulfonamides is 1. The number of nitrogens with zero attached hydrogens (tertiary/aromatic N) is 2. The second-order valence-corrected chi connectivity index (χ2v) is 7.91. The number of ether oxygens (including phenoxy) is 3. The number of rotatable bonds is 7. The van der Waals surface area contributed by atoms with Gasteiger partial charge in [-0.15, -0.1) is 0 Å². The molecule has 10 heteroatoms. The molecule has 2 aromatic carbocycles. The third-order valence-electron chi connectivity index (χ3n) is 3.85. The number of anilines is 1. The van der Waals surface area contributed by atoms with Gasteiger partial charge in [-0.05, 0) is 42.8 Å². The fourth-order valence-corrected chi connectivity index (χ4v) is 4.07. The molecule has 0 unspecified atom stereocenters. The van der Waals surface area contributed by atoms with E-state index in [1.807, 2.05) is 0 Å². The van der Waals surface area contributed by atoms with Gasteiger partial charge in [0.2, 0.25) is 11.8 Å². The minimum Gasteiger partial charge on any atom is -0.481 e. The number of hydrogen-bond acceptors (Lipinski definition) is 7. The molecule has 1 N–H and O–H groups in total. The summed E-state index contributed by atoms with van der Waals surface area (Å²) in [6, 6.07) is 12.6. The van der Waals surface area contributed by atoms with Gasteiger partial charge in [0, 0.05) is 0 Å². The SMILES string of the molecule is COc1cc(OC)nc(Oc2ccc(NS(=O)(=O)c3ccccc3Cl)c(C)c2)n1. The first-order chi connectivity index (χ1) is 13.8. The summed E-state index contributed by atoms with van der Waals surface area (Å²) >= 11 is 6.01. The molecule has 3 aromatic rings. The number of hydrogen-bond donors (Lipinski definition) is 1. The summed E-state index contributed by atoms with van der Waals surface area (Å²) in [6.45, 7) is 1.74. The average Bonchev–Trinajstić information content (AvgIpc) is 2.69. The molecular weight excluding hydrogens is 418 g/mol. The zero-order valence-corrected chi connectivity index (χ0v) is 17.4. The second-order valence-electron chi connectivity index (χ2n) is 5.85. The summed E-state index contributed by atoms with van der Waals surface area (Å²) in [5.74, 6) is 0.985. The van der Waals surface area contributed by atoms with E-state index in [9.17, 15) is 8.42 Å². The van der Waals surface area contributed by atoms with Crippen molar-refractivity contribution in [2.24, 2.45) is 0 Å². The van der Waals surface area contributed by atoms with E-state index < -0.39 is 10.0 Å². The average molecular weight is 436 g/mol. The van der Waals surface area contributed by atoms with Crippen LogP contribution >= 0.6 is 11.6 Å². The highest BCUT2D eigenvalue weighted by molar-refractivity contribution is 7.92. The molecule has 0 saturated heterocycles. The van der Waals surface area contributed by atoms with Crippen LogP contribution in [0.3, 0.4) is 0 Å². The van der Waals surface area contributed by atoms with Gasteiger partial charge in [0.15, 0.2) is 0 Å². The third kappa shape index (κ3) is 4.87. The summed E-state index contributed by atoms with van der Waals surface area (Å²) < 4.78 is 43.6. The molecule has 0 amide bonds. The van der Waals surface area contributed by atoms with Crippen LogP contribution in [-0.2, 0) is 10.0 Å². The first-order valence-electron chi connectivity index (χ1n) is 8.35. The van der Waals surface area contributed by atoms with Crippen molar-refractivity contribution in [3.63, 3.8) is 0 Å². The Balaban J connectivity index is 1.83. The molecule has 3 rings (SSSR count). The number of aromatic nitrogens is 2. The molecule has 0 fully saturated rings. The van der Waals surface area contributed by atoms with Crippen molar-refractivity contribution < 1.29 is 22.6 Å². The predicted octanol–water partition coefficient (Wildman–Crippen LogP) is 4.05. The van der Waals surface area contributed by atoms with Crippen molar-refractivity contribution in [2.75, 3.05) is 18.9 Å². The van der Waals surface area contributed by atoms with Gasteiger partial charge in [0.1, 0.15) is 10.6 Å². The number of methoxy groups -OCH3 is 2. The summed E-state index contributed by atoms with van der Waals surface area (Å²) in [7, 11) is -0.901. The quantitative estimate of drug-likeness (QED) is 0.597. The predicted molar refractivity (Wildman–Crippen MR) is 109 cm³/mol. The van der Waals surface area contributed by atoms with Crippen molar-refractivity contribution >= 4 is 27.3 Å². The molecule has 0 aliphatic rings. The van der Waals surface area contributed by atoms with Crippen LogP contribution in [-0.4, -0.2) is 32.6 Å². The summed E-state index contributed by atoms with van der Waals surface area (Å²) in [4.78, 5) is 8.19. The number of aryl methyl sites for hydroxylation is 1. The zero-order valence-electron chi connectivity index (χ0n) is 15.8. The molecule has 0 radical (unpaired) electrons. The maximum atomic E-state index is 12.6. The Labute approximate surface area is 173 Å². The van der Waals surface area contributed by atoms with Crippen molar-refractivity contribution in [1.82, 2.24) is 9.97 Å². The highest BCUT2D eigenvalue weighted by atomic mass is 35.5. The summed E-state index contributed by atoms with van der Waals surface area (Å²) in [5, 5.41) is 0.140. The molecule has 0 saturated carbocycles. The van der Waals surface area contributed by atoms with Gasteiger partial charge in [-0.3, -0.25) is 4.72 Å². The fourth-order valence-electron chi connectivity index (χ4n) is 2.42. The zero-order chi connectivity index (χ0) is 21.0. The van der Waals surface area contributed by atoms with Crippen molar-refractivity contribution in [3.8, 4) is 23.5 Å². The van der Waals surface area contributed by atoms with E-state index in [0.29, 0.717) is 17.0 Å². The van der Waals surface area contributed by atoms with E-state index in [4.69, 9.17) is 25.8 Å². The molecular formula is C19H18ClN3O5S. The van der Waals surface area contributed by atoms with Crippen LogP contribution in [0.1, 0.15) is 5.56 Å². The lowest BCUT2D eigenvalue weighted by Crippen LogP contribution is -2.14. The molecule has 8 nitrogen and oxygen atoms in total. The number of benzene rings is 2. The van der Waals surface area contributed by atoms with E-state index in [1.54, 1.807) is 37.3 Å². The minimum absolute atomic E-state index is 0.00160. The van der Waals surface area contributed by atoms with E-state index in [-0.39, 0.29) is 27.7 Å². The molecule has 0 bridgehead atoms. The van der Waals surface area contributed by atoms with Crippen molar-refractivity contribution in [1.29, 1.82) is 0 Å². The fraction of sp³-hybridized carbons (Fsp3) is 0.158. The Kier molecular flexibility index (Phi) is 6.09. The lowest BCUT2D eigenvalue weighted by atomic mass is 10.2. The van der Waals surface area contributed by atoms with Gasteiger partial charge < -0.3 is 14.2 Å². The Morgan fingerprint density at radius 2 is 1.62 bits per heavy atom. The summed E-state index contributed by atoms with van der Waals surface area (Å²) in [5.41, 5.74) is 1.02. The van der Waals surface area contributed by atoms with E-state index in [2.05, 4.69) is 14.7 Å². The number of halogens is 1. The Bertz CT molecular complexity index is 1120. The Morgan fingerprint density at radius 3 is 2.21 bits per heavy atom. The van der Waals surface area contributed by atoms with Crippen LogP contribution in [0.25, 0.3) is 0 Å². The molecule has 0 spiro atoms. The molecule has 0 aliphatic heterocycles.